The Morgan fingerprint density at radius 2 is 1.73 bits per heavy atom. The van der Waals surface area contributed by atoms with E-state index >= 15 is 0 Å². The van der Waals surface area contributed by atoms with E-state index in [4.69, 9.17) is 0 Å². The molecule has 0 aliphatic heterocycles. The lowest BCUT2D eigenvalue weighted by molar-refractivity contribution is -0.138. The zero-order chi connectivity index (χ0) is 28.7. The molecule has 40 heavy (non-hydrogen) atoms. The average molecular weight is 554 g/mol. The second-order valence-electron chi connectivity index (χ2n) is 9.82. The zero-order valence-corrected chi connectivity index (χ0v) is 22.5. The summed E-state index contributed by atoms with van der Waals surface area (Å²) in [5.41, 5.74) is 1.76. The van der Waals surface area contributed by atoms with Crippen molar-refractivity contribution in [3.8, 4) is 11.4 Å². The highest BCUT2D eigenvalue weighted by Crippen LogP contribution is 2.33. The Bertz CT molecular complexity index is 1460. The summed E-state index contributed by atoms with van der Waals surface area (Å²) in [6, 6.07) is 10.4. The zero-order valence-electron chi connectivity index (χ0n) is 22.5. The Hall–Kier alpha value is -3.95. The van der Waals surface area contributed by atoms with Crippen LogP contribution in [0.4, 0.5) is 17.6 Å². The largest absolute Gasteiger partial charge is 0.418 e. The molecule has 1 aliphatic rings. The molecular formula is C30H31F4N5O. The first-order chi connectivity index (χ1) is 19.2. The number of aryl methyl sites for hydroxylation is 2. The van der Waals surface area contributed by atoms with E-state index in [9.17, 15) is 22.4 Å². The molecule has 0 amide bonds. The third-order valence-corrected chi connectivity index (χ3v) is 6.85. The van der Waals surface area contributed by atoms with Crippen molar-refractivity contribution in [2.45, 2.75) is 71.0 Å². The third kappa shape index (κ3) is 7.37. The first-order valence-corrected chi connectivity index (χ1v) is 13.3. The summed E-state index contributed by atoms with van der Waals surface area (Å²) in [7, 11) is 0. The summed E-state index contributed by atoms with van der Waals surface area (Å²) in [5.74, 6) is -0.108. The van der Waals surface area contributed by atoms with Crippen molar-refractivity contribution in [1.82, 2.24) is 24.7 Å². The number of halogens is 4. The molecule has 3 heterocycles. The fourth-order valence-electron chi connectivity index (χ4n) is 4.74. The van der Waals surface area contributed by atoms with Crippen molar-refractivity contribution in [2.75, 3.05) is 0 Å². The second-order valence-corrected chi connectivity index (χ2v) is 9.82. The topological polar surface area (TPSA) is 73.6 Å². The van der Waals surface area contributed by atoms with Gasteiger partial charge in [0.05, 0.1) is 29.7 Å². The molecule has 1 aliphatic carbocycles. The van der Waals surface area contributed by atoms with Crippen LogP contribution in [0.1, 0.15) is 73.0 Å². The van der Waals surface area contributed by atoms with Crippen molar-refractivity contribution in [3.63, 3.8) is 0 Å². The molecule has 210 valence electrons. The third-order valence-electron chi connectivity index (χ3n) is 6.85. The minimum absolute atomic E-state index is 0.0537. The molecule has 0 N–H and O–H groups in total. The summed E-state index contributed by atoms with van der Waals surface area (Å²) in [5, 5.41) is 4.37. The van der Waals surface area contributed by atoms with Crippen LogP contribution in [0.2, 0.25) is 0 Å². The van der Waals surface area contributed by atoms with Gasteiger partial charge in [-0.2, -0.15) is 18.3 Å². The molecule has 10 heteroatoms. The predicted molar refractivity (Wildman–Crippen MR) is 144 cm³/mol. The van der Waals surface area contributed by atoms with E-state index in [1.54, 1.807) is 24.5 Å². The highest BCUT2D eigenvalue weighted by molar-refractivity contribution is 5.53. The van der Waals surface area contributed by atoms with Crippen molar-refractivity contribution in [2.24, 2.45) is 0 Å². The number of pyridine rings is 1. The van der Waals surface area contributed by atoms with E-state index in [1.807, 2.05) is 19.9 Å². The fourth-order valence-corrected chi connectivity index (χ4v) is 4.74. The summed E-state index contributed by atoms with van der Waals surface area (Å²) in [6.07, 6.45) is 5.58. The molecule has 0 spiro atoms. The molecule has 0 atom stereocenters. The van der Waals surface area contributed by atoms with Gasteiger partial charge in [-0.25, -0.2) is 9.07 Å². The summed E-state index contributed by atoms with van der Waals surface area (Å²) in [6.45, 7) is 3.46. The monoisotopic (exact) mass is 553 g/mol. The smallest absolute Gasteiger partial charge is 0.267 e. The molecule has 3 aromatic heterocycles. The molecule has 0 bridgehead atoms. The number of benzene rings is 1. The SMILES string of the molecule is CCc1cnc(-c2cc(C3CCCCC3)c(=O)n(Cc3ncccc3C(F)(F)F)n2)cn1.Cc1cccc(F)c1. The molecule has 1 saturated carbocycles. The quantitative estimate of drug-likeness (QED) is 0.251. The predicted octanol–water partition coefficient (Wildman–Crippen LogP) is 6.91. The van der Waals surface area contributed by atoms with Crippen LogP contribution >= 0.6 is 0 Å². The van der Waals surface area contributed by atoms with Crippen molar-refractivity contribution in [3.05, 3.63) is 105 Å². The normalized spacial score (nSPS) is 13.9. The molecule has 0 saturated heterocycles. The van der Waals surface area contributed by atoms with Crippen LogP contribution in [0.3, 0.4) is 0 Å². The molecule has 4 aromatic rings. The van der Waals surface area contributed by atoms with Crippen molar-refractivity contribution in [1.29, 1.82) is 0 Å². The number of aromatic nitrogens is 5. The van der Waals surface area contributed by atoms with Gasteiger partial charge in [0.2, 0.25) is 0 Å². The van der Waals surface area contributed by atoms with E-state index < -0.39 is 11.7 Å². The van der Waals surface area contributed by atoms with Gasteiger partial charge < -0.3 is 0 Å². The number of nitrogens with zero attached hydrogens (tertiary/aromatic N) is 5. The van der Waals surface area contributed by atoms with Crippen LogP contribution in [-0.2, 0) is 19.1 Å². The maximum absolute atomic E-state index is 13.5. The first kappa shape index (κ1) is 29.0. The standard InChI is InChI=1S/C23H24F3N5O.C7H7F/c1-2-16-12-29-20(13-28-16)19-11-17(15-7-4-3-5-8-15)22(32)31(30-19)14-21-18(23(24,25)26)9-6-10-27-21;1-6-3-2-4-7(8)5-6/h6,9-13,15H,2-5,7-8,14H2,1H3;2-5H,1H3. The number of alkyl halides is 3. The van der Waals surface area contributed by atoms with Gasteiger partial charge in [0.1, 0.15) is 17.2 Å². The number of hydrogen-bond acceptors (Lipinski definition) is 5. The van der Waals surface area contributed by atoms with Gasteiger partial charge in [0, 0.05) is 18.0 Å². The lowest BCUT2D eigenvalue weighted by Gasteiger charge is -2.22. The molecule has 1 fully saturated rings. The summed E-state index contributed by atoms with van der Waals surface area (Å²) < 4.78 is 53.7. The minimum Gasteiger partial charge on any atom is -0.267 e. The molecule has 0 unspecified atom stereocenters. The Kier molecular flexibility index (Phi) is 9.39. The summed E-state index contributed by atoms with van der Waals surface area (Å²) in [4.78, 5) is 25.9. The lowest BCUT2D eigenvalue weighted by atomic mass is 9.84. The molecule has 5 rings (SSSR count). The van der Waals surface area contributed by atoms with Crippen molar-refractivity contribution < 1.29 is 17.6 Å². The van der Waals surface area contributed by atoms with Crippen LogP contribution in [0.25, 0.3) is 11.4 Å². The van der Waals surface area contributed by atoms with E-state index in [2.05, 4.69) is 20.1 Å². The van der Waals surface area contributed by atoms with E-state index in [0.29, 0.717) is 17.0 Å². The van der Waals surface area contributed by atoms with E-state index in [1.165, 1.54) is 24.4 Å². The van der Waals surface area contributed by atoms with Crippen LogP contribution in [-0.4, -0.2) is 24.7 Å². The maximum Gasteiger partial charge on any atom is 0.418 e. The van der Waals surface area contributed by atoms with Crippen LogP contribution in [0, 0.1) is 12.7 Å². The fraction of sp³-hybridized carbons (Fsp3) is 0.367. The van der Waals surface area contributed by atoms with E-state index in [0.717, 1.165) is 60.5 Å². The van der Waals surface area contributed by atoms with E-state index in [-0.39, 0.29) is 29.5 Å². The number of rotatable bonds is 5. The first-order valence-electron chi connectivity index (χ1n) is 13.3. The van der Waals surface area contributed by atoms with Gasteiger partial charge in [-0.3, -0.25) is 19.7 Å². The van der Waals surface area contributed by atoms with Gasteiger partial charge in [0.15, 0.2) is 0 Å². The highest BCUT2D eigenvalue weighted by atomic mass is 19.4. The Morgan fingerprint density at radius 3 is 2.33 bits per heavy atom. The van der Waals surface area contributed by atoms with Crippen LogP contribution < -0.4 is 5.56 Å². The maximum atomic E-state index is 13.5. The Balaban J connectivity index is 0.000000398. The van der Waals surface area contributed by atoms with Crippen LogP contribution in [0.15, 0.2) is 65.8 Å². The average Bonchev–Trinajstić information content (AvgIpc) is 2.94. The Labute approximate surface area is 230 Å². The van der Waals surface area contributed by atoms with Gasteiger partial charge in [-0.1, -0.05) is 38.3 Å². The van der Waals surface area contributed by atoms with Crippen LogP contribution in [0.5, 0.6) is 0 Å². The number of hydrogen-bond donors (Lipinski definition) is 0. The molecule has 6 nitrogen and oxygen atoms in total. The van der Waals surface area contributed by atoms with Gasteiger partial charge in [-0.05, 0) is 68.0 Å². The molecule has 1 aromatic carbocycles. The Morgan fingerprint density at radius 1 is 0.950 bits per heavy atom. The van der Waals surface area contributed by atoms with Gasteiger partial charge in [-0.15, -0.1) is 0 Å². The van der Waals surface area contributed by atoms with Gasteiger partial charge in [0.25, 0.3) is 5.56 Å². The lowest BCUT2D eigenvalue weighted by Crippen LogP contribution is -2.30. The van der Waals surface area contributed by atoms with Gasteiger partial charge >= 0.3 is 6.18 Å². The summed E-state index contributed by atoms with van der Waals surface area (Å²) >= 11 is 0. The highest BCUT2D eigenvalue weighted by Gasteiger charge is 2.34. The minimum atomic E-state index is -4.57. The second kappa shape index (κ2) is 12.9. The van der Waals surface area contributed by atoms with Crippen molar-refractivity contribution >= 4 is 0 Å². The molecule has 0 radical (unpaired) electrons. The molecular weight excluding hydrogens is 522 g/mol.